The van der Waals surface area contributed by atoms with Gasteiger partial charge in [0.25, 0.3) is 0 Å². The number of ether oxygens (including phenoxy) is 1. The second kappa shape index (κ2) is 4.32. The van der Waals surface area contributed by atoms with Gasteiger partial charge in [-0.25, -0.2) is 4.98 Å². The van der Waals surface area contributed by atoms with Crippen molar-refractivity contribution in [2.75, 3.05) is 0 Å². The van der Waals surface area contributed by atoms with Gasteiger partial charge in [-0.1, -0.05) is 12.2 Å². The van der Waals surface area contributed by atoms with E-state index in [1.54, 1.807) is 6.07 Å². The number of nitrogens with zero attached hydrogens (tertiary/aromatic N) is 2. The van der Waals surface area contributed by atoms with E-state index in [1.165, 1.54) is 0 Å². The summed E-state index contributed by atoms with van der Waals surface area (Å²) in [6, 6.07) is 2.05. The maximum atomic E-state index is 5.47. The molecule has 1 aromatic heterocycles. The Morgan fingerprint density at radius 3 is 2.64 bits per heavy atom. The van der Waals surface area contributed by atoms with E-state index in [0.717, 1.165) is 5.69 Å². The summed E-state index contributed by atoms with van der Waals surface area (Å²) < 4.78 is 5.35. The standard InChI is InChI=1S/C9H13N3OS/c1-5(2)13-9-11-6(3)4-7(12-9)8(10)14/h4-5H,1-3H3,(H2,10,14). The maximum absolute atomic E-state index is 5.47. The Hall–Kier alpha value is -1.23. The molecule has 0 unspecified atom stereocenters. The minimum absolute atomic E-state index is 0.0380. The van der Waals surface area contributed by atoms with E-state index in [9.17, 15) is 0 Å². The molecular weight excluding hydrogens is 198 g/mol. The molecule has 0 saturated carbocycles. The summed E-state index contributed by atoms with van der Waals surface area (Å²) in [7, 11) is 0. The molecule has 76 valence electrons. The number of aromatic nitrogens is 2. The first-order chi connectivity index (χ1) is 6.49. The van der Waals surface area contributed by atoms with Crippen LogP contribution in [0.2, 0.25) is 0 Å². The average molecular weight is 211 g/mol. The molecule has 0 aromatic carbocycles. The molecule has 5 heteroatoms. The Kier molecular flexibility index (Phi) is 3.35. The van der Waals surface area contributed by atoms with E-state index in [0.29, 0.717) is 11.7 Å². The third-order valence-electron chi connectivity index (χ3n) is 1.43. The highest BCUT2D eigenvalue weighted by Crippen LogP contribution is 2.08. The molecule has 1 rings (SSSR count). The van der Waals surface area contributed by atoms with Crippen molar-refractivity contribution < 1.29 is 4.74 Å². The number of nitrogens with two attached hydrogens (primary N) is 1. The van der Waals surface area contributed by atoms with Crippen LogP contribution in [0.1, 0.15) is 25.2 Å². The van der Waals surface area contributed by atoms with Crippen LogP contribution in [0.25, 0.3) is 0 Å². The third kappa shape index (κ3) is 2.92. The topological polar surface area (TPSA) is 61.0 Å². The lowest BCUT2D eigenvalue weighted by molar-refractivity contribution is 0.221. The molecule has 0 aliphatic rings. The van der Waals surface area contributed by atoms with Crippen LogP contribution in [0.5, 0.6) is 6.01 Å². The second-order valence-electron chi connectivity index (χ2n) is 3.21. The van der Waals surface area contributed by atoms with Crippen molar-refractivity contribution in [1.29, 1.82) is 0 Å². The van der Waals surface area contributed by atoms with Gasteiger partial charge in [0.2, 0.25) is 0 Å². The number of rotatable bonds is 3. The van der Waals surface area contributed by atoms with Gasteiger partial charge in [0.15, 0.2) is 0 Å². The number of aryl methyl sites for hydroxylation is 1. The first-order valence-electron chi connectivity index (χ1n) is 4.31. The second-order valence-corrected chi connectivity index (χ2v) is 3.65. The molecule has 0 amide bonds. The Morgan fingerprint density at radius 1 is 1.50 bits per heavy atom. The van der Waals surface area contributed by atoms with Crippen LogP contribution in [0.3, 0.4) is 0 Å². The van der Waals surface area contributed by atoms with Crippen molar-refractivity contribution in [2.45, 2.75) is 26.9 Å². The van der Waals surface area contributed by atoms with E-state index < -0.39 is 0 Å². The summed E-state index contributed by atoms with van der Waals surface area (Å²) in [6.07, 6.45) is 0.0380. The molecule has 1 heterocycles. The quantitative estimate of drug-likeness (QED) is 0.761. The van der Waals surface area contributed by atoms with Crippen LogP contribution in [0.4, 0.5) is 0 Å². The van der Waals surface area contributed by atoms with Gasteiger partial charge < -0.3 is 10.5 Å². The first-order valence-corrected chi connectivity index (χ1v) is 4.72. The molecule has 0 bridgehead atoms. The van der Waals surface area contributed by atoms with E-state index in [4.69, 9.17) is 22.7 Å². The molecule has 0 radical (unpaired) electrons. The monoisotopic (exact) mass is 211 g/mol. The van der Waals surface area contributed by atoms with Crippen molar-refractivity contribution in [3.8, 4) is 6.01 Å². The smallest absolute Gasteiger partial charge is 0.317 e. The van der Waals surface area contributed by atoms with E-state index in [2.05, 4.69) is 9.97 Å². The van der Waals surface area contributed by atoms with Crippen molar-refractivity contribution in [3.05, 3.63) is 17.5 Å². The fraction of sp³-hybridized carbons (Fsp3) is 0.444. The Morgan fingerprint density at radius 2 is 2.14 bits per heavy atom. The van der Waals surface area contributed by atoms with E-state index in [-0.39, 0.29) is 11.1 Å². The number of hydrogen-bond donors (Lipinski definition) is 1. The molecule has 0 saturated heterocycles. The Labute approximate surface area is 88.5 Å². The highest BCUT2D eigenvalue weighted by atomic mass is 32.1. The summed E-state index contributed by atoms with van der Waals surface area (Å²) in [5.74, 6) is 0. The van der Waals surface area contributed by atoms with Gasteiger partial charge in [0.1, 0.15) is 10.7 Å². The van der Waals surface area contributed by atoms with Crippen LogP contribution in [0.15, 0.2) is 6.07 Å². The molecule has 14 heavy (non-hydrogen) atoms. The lowest BCUT2D eigenvalue weighted by Gasteiger charge is -2.09. The SMILES string of the molecule is Cc1cc(C(N)=S)nc(OC(C)C)n1. The third-order valence-corrected chi connectivity index (χ3v) is 1.64. The zero-order chi connectivity index (χ0) is 10.7. The number of hydrogen-bond acceptors (Lipinski definition) is 4. The molecular formula is C9H13N3OS. The van der Waals surface area contributed by atoms with Gasteiger partial charge in [-0.2, -0.15) is 4.98 Å². The normalized spacial score (nSPS) is 10.3. The summed E-state index contributed by atoms with van der Waals surface area (Å²) in [6.45, 7) is 5.66. The molecule has 0 spiro atoms. The predicted molar refractivity (Wildman–Crippen MR) is 58.4 cm³/mol. The molecule has 0 aliphatic heterocycles. The molecule has 4 nitrogen and oxygen atoms in total. The summed E-state index contributed by atoms with van der Waals surface area (Å²) in [5, 5.41) is 0. The van der Waals surface area contributed by atoms with Gasteiger partial charge in [0, 0.05) is 5.69 Å². The largest absolute Gasteiger partial charge is 0.461 e. The van der Waals surface area contributed by atoms with E-state index in [1.807, 2.05) is 20.8 Å². The van der Waals surface area contributed by atoms with Crippen LogP contribution in [-0.4, -0.2) is 21.1 Å². The lowest BCUT2D eigenvalue weighted by atomic mass is 10.3. The molecule has 2 N–H and O–H groups in total. The van der Waals surface area contributed by atoms with Crippen molar-refractivity contribution in [2.24, 2.45) is 5.73 Å². The highest BCUT2D eigenvalue weighted by Gasteiger charge is 2.06. The van der Waals surface area contributed by atoms with Crippen LogP contribution >= 0.6 is 12.2 Å². The molecule has 0 atom stereocenters. The lowest BCUT2D eigenvalue weighted by Crippen LogP contribution is -2.15. The molecule has 0 aliphatic carbocycles. The minimum Gasteiger partial charge on any atom is -0.461 e. The van der Waals surface area contributed by atoms with E-state index >= 15 is 0 Å². The summed E-state index contributed by atoms with van der Waals surface area (Å²) in [5.41, 5.74) is 6.80. The van der Waals surface area contributed by atoms with Crippen molar-refractivity contribution in [1.82, 2.24) is 9.97 Å². The molecule has 1 aromatic rings. The van der Waals surface area contributed by atoms with Crippen LogP contribution in [-0.2, 0) is 0 Å². The fourth-order valence-corrected chi connectivity index (χ4v) is 1.04. The predicted octanol–water partition coefficient (Wildman–Crippen LogP) is 1.21. The van der Waals surface area contributed by atoms with Gasteiger partial charge >= 0.3 is 6.01 Å². The Bertz CT molecular complexity index is 352. The summed E-state index contributed by atoms with van der Waals surface area (Å²) in [4.78, 5) is 8.44. The van der Waals surface area contributed by atoms with Crippen molar-refractivity contribution in [3.63, 3.8) is 0 Å². The van der Waals surface area contributed by atoms with Gasteiger partial charge in [-0.15, -0.1) is 0 Å². The minimum atomic E-state index is 0.0380. The maximum Gasteiger partial charge on any atom is 0.317 e. The van der Waals surface area contributed by atoms with Gasteiger partial charge in [-0.05, 0) is 26.8 Å². The average Bonchev–Trinajstić information content (AvgIpc) is 2.01. The number of thiocarbonyl (C=S) groups is 1. The molecule has 0 fully saturated rings. The van der Waals surface area contributed by atoms with Crippen LogP contribution in [0, 0.1) is 6.92 Å². The zero-order valence-corrected chi connectivity index (χ0v) is 9.26. The van der Waals surface area contributed by atoms with Gasteiger partial charge in [0.05, 0.1) is 6.10 Å². The van der Waals surface area contributed by atoms with Crippen LogP contribution < -0.4 is 10.5 Å². The zero-order valence-electron chi connectivity index (χ0n) is 8.44. The first kappa shape index (κ1) is 10.8. The highest BCUT2D eigenvalue weighted by molar-refractivity contribution is 7.80. The van der Waals surface area contributed by atoms with Crippen molar-refractivity contribution >= 4 is 17.2 Å². The summed E-state index contributed by atoms with van der Waals surface area (Å²) >= 11 is 4.83. The fourth-order valence-electron chi connectivity index (χ4n) is 0.931. The van der Waals surface area contributed by atoms with Gasteiger partial charge in [-0.3, -0.25) is 0 Å². The Balaban J connectivity index is 3.01.